The first-order valence-corrected chi connectivity index (χ1v) is 5.51. The fourth-order valence-corrected chi connectivity index (χ4v) is 2.35. The summed E-state index contributed by atoms with van der Waals surface area (Å²) >= 11 is 1.60. The molecule has 1 aliphatic rings. The molecule has 0 amide bonds. The molecule has 1 aromatic heterocycles. The third-order valence-electron chi connectivity index (χ3n) is 2.53. The molecule has 0 bridgehead atoms. The van der Waals surface area contributed by atoms with Crippen molar-refractivity contribution in [3.05, 3.63) is 16.6 Å². The predicted octanol–water partition coefficient (Wildman–Crippen LogP) is 2.08. The molecule has 1 atom stereocenters. The van der Waals surface area contributed by atoms with Crippen molar-refractivity contribution in [3.8, 4) is 0 Å². The van der Waals surface area contributed by atoms with Crippen molar-refractivity contribution in [1.82, 2.24) is 9.88 Å². The van der Waals surface area contributed by atoms with E-state index >= 15 is 0 Å². The first kappa shape index (κ1) is 9.09. The summed E-state index contributed by atoms with van der Waals surface area (Å²) in [7, 11) is 0. The number of aromatic nitrogens is 1. The fourth-order valence-electron chi connectivity index (χ4n) is 1.80. The molecule has 2 heterocycles. The van der Waals surface area contributed by atoms with Crippen LogP contribution in [0.15, 0.2) is 10.9 Å². The van der Waals surface area contributed by atoms with Gasteiger partial charge in [0.05, 0.1) is 11.2 Å². The lowest BCUT2D eigenvalue weighted by atomic mass is 10.2. The number of hydrogen-bond acceptors (Lipinski definition) is 3. The van der Waals surface area contributed by atoms with E-state index in [-0.39, 0.29) is 12.7 Å². The molecular formula is C9H13FN2S. The molecule has 2 rings (SSSR count). The molecule has 0 N–H and O–H groups in total. The number of rotatable bonds is 3. The van der Waals surface area contributed by atoms with Crippen LogP contribution in [0.3, 0.4) is 0 Å². The van der Waals surface area contributed by atoms with Gasteiger partial charge in [0.15, 0.2) is 0 Å². The minimum absolute atomic E-state index is 0.140. The van der Waals surface area contributed by atoms with Gasteiger partial charge in [-0.1, -0.05) is 0 Å². The van der Waals surface area contributed by atoms with Gasteiger partial charge < -0.3 is 0 Å². The van der Waals surface area contributed by atoms with Crippen molar-refractivity contribution < 1.29 is 4.39 Å². The van der Waals surface area contributed by atoms with Gasteiger partial charge >= 0.3 is 0 Å². The number of likely N-dealkylation sites (tertiary alicyclic amines) is 1. The summed E-state index contributed by atoms with van der Waals surface area (Å²) in [6, 6.07) is 0.140. The van der Waals surface area contributed by atoms with Crippen LogP contribution in [0, 0.1) is 0 Å². The second-order valence-electron chi connectivity index (χ2n) is 3.40. The molecule has 72 valence electrons. The lowest BCUT2D eigenvalue weighted by Gasteiger charge is -2.20. The van der Waals surface area contributed by atoms with Crippen molar-refractivity contribution >= 4 is 11.3 Å². The van der Waals surface area contributed by atoms with Gasteiger partial charge in [-0.05, 0) is 19.4 Å². The summed E-state index contributed by atoms with van der Waals surface area (Å²) in [4.78, 5) is 6.39. The number of alkyl halides is 1. The third-order valence-corrected chi connectivity index (χ3v) is 3.16. The molecule has 1 fully saturated rings. The van der Waals surface area contributed by atoms with Gasteiger partial charge in [0.2, 0.25) is 0 Å². The first-order chi connectivity index (χ1) is 6.40. The molecule has 4 heteroatoms. The molecule has 1 aliphatic heterocycles. The lowest BCUT2D eigenvalue weighted by Crippen LogP contribution is -2.30. The Morgan fingerprint density at radius 3 is 3.31 bits per heavy atom. The van der Waals surface area contributed by atoms with E-state index in [1.165, 1.54) is 0 Å². The Balaban J connectivity index is 1.94. The molecule has 0 unspecified atom stereocenters. The summed E-state index contributed by atoms with van der Waals surface area (Å²) in [6.07, 6.45) is 2.12. The van der Waals surface area contributed by atoms with Crippen LogP contribution in [-0.4, -0.2) is 29.1 Å². The molecule has 0 radical (unpaired) electrons. The quantitative estimate of drug-likeness (QED) is 0.742. The first-order valence-electron chi connectivity index (χ1n) is 4.57. The Morgan fingerprint density at radius 1 is 1.69 bits per heavy atom. The second kappa shape index (κ2) is 4.15. The maximum absolute atomic E-state index is 12.5. The third kappa shape index (κ3) is 2.06. The van der Waals surface area contributed by atoms with Gasteiger partial charge in [-0.2, -0.15) is 0 Å². The maximum atomic E-state index is 12.5. The minimum Gasteiger partial charge on any atom is -0.292 e. The molecule has 13 heavy (non-hydrogen) atoms. The molecule has 0 aliphatic carbocycles. The van der Waals surface area contributed by atoms with Gasteiger partial charge in [-0.25, -0.2) is 9.37 Å². The van der Waals surface area contributed by atoms with E-state index in [2.05, 4.69) is 9.88 Å². The van der Waals surface area contributed by atoms with E-state index < -0.39 is 0 Å². The SMILES string of the molecule is FC[C@@H]1CCCN1Cc1cscn1. The lowest BCUT2D eigenvalue weighted by molar-refractivity contribution is 0.205. The molecule has 0 saturated carbocycles. The van der Waals surface area contributed by atoms with Crippen LogP contribution >= 0.6 is 11.3 Å². The summed E-state index contributed by atoms with van der Waals surface area (Å²) in [5, 5.41) is 2.04. The van der Waals surface area contributed by atoms with Crippen LogP contribution in [0.1, 0.15) is 18.5 Å². The number of halogens is 1. The highest BCUT2D eigenvalue weighted by molar-refractivity contribution is 7.07. The Bertz CT molecular complexity index is 250. The van der Waals surface area contributed by atoms with Crippen molar-refractivity contribution in [3.63, 3.8) is 0 Å². The summed E-state index contributed by atoms with van der Waals surface area (Å²) in [5.74, 6) is 0. The van der Waals surface area contributed by atoms with E-state index in [1.807, 2.05) is 10.9 Å². The maximum Gasteiger partial charge on any atom is 0.105 e. The van der Waals surface area contributed by atoms with Crippen LogP contribution in [0.25, 0.3) is 0 Å². The van der Waals surface area contributed by atoms with Crippen LogP contribution in [-0.2, 0) is 6.54 Å². The van der Waals surface area contributed by atoms with E-state index in [0.29, 0.717) is 0 Å². The van der Waals surface area contributed by atoms with Gasteiger partial charge in [0, 0.05) is 18.0 Å². The second-order valence-corrected chi connectivity index (χ2v) is 4.12. The highest BCUT2D eigenvalue weighted by atomic mass is 32.1. The number of nitrogens with zero attached hydrogens (tertiary/aromatic N) is 2. The molecule has 1 aromatic rings. The zero-order valence-electron chi connectivity index (χ0n) is 7.45. The summed E-state index contributed by atoms with van der Waals surface area (Å²) in [6.45, 7) is 1.62. The zero-order valence-corrected chi connectivity index (χ0v) is 8.26. The van der Waals surface area contributed by atoms with Crippen molar-refractivity contribution in [1.29, 1.82) is 0 Å². The van der Waals surface area contributed by atoms with Crippen LogP contribution in [0.5, 0.6) is 0 Å². The summed E-state index contributed by atoms with van der Waals surface area (Å²) < 4.78 is 12.5. The Kier molecular flexibility index (Phi) is 2.90. The average molecular weight is 200 g/mol. The number of thiazole rings is 1. The zero-order chi connectivity index (χ0) is 9.10. The standard InChI is InChI=1S/C9H13FN2S/c10-4-9-2-1-3-12(9)5-8-6-13-7-11-8/h6-7,9H,1-5H2/t9-/m0/s1. The smallest absolute Gasteiger partial charge is 0.105 e. The topological polar surface area (TPSA) is 16.1 Å². The van der Waals surface area contributed by atoms with Crippen LogP contribution in [0.2, 0.25) is 0 Å². The van der Waals surface area contributed by atoms with Crippen LogP contribution in [0.4, 0.5) is 4.39 Å². The summed E-state index contributed by atoms with van der Waals surface area (Å²) in [5.41, 5.74) is 2.90. The highest BCUT2D eigenvalue weighted by Crippen LogP contribution is 2.20. The number of hydrogen-bond donors (Lipinski definition) is 0. The van der Waals surface area contributed by atoms with Gasteiger partial charge in [0.25, 0.3) is 0 Å². The van der Waals surface area contributed by atoms with Crippen molar-refractivity contribution in [2.45, 2.75) is 25.4 Å². The minimum atomic E-state index is -0.218. The average Bonchev–Trinajstić information content (AvgIpc) is 2.76. The van der Waals surface area contributed by atoms with E-state index in [0.717, 1.165) is 31.6 Å². The highest BCUT2D eigenvalue weighted by Gasteiger charge is 2.24. The molecule has 1 saturated heterocycles. The fraction of sp³-hybridized carbons (Fsp3) is 0.667. The molecule has 2 nitrogen and oxygen atoms in total. The Morgan fingerprint density at radius 2 is 2.62 bits per heavy atom. The molecule has 0 spiro atoms. The Labute approximate surface area is 81.4 Å². The van der Waals surface area contributed by atoms with E-state index in [9.17, 15) is 4.39 Å². The monoisotopic (exact) mass is 200 g/mol. The molecular weight excluding hydrogens is 187 g/mol. The van der Waals surface area contributed by atoms with Crippen molar-refractivity contribution in [2.75, 3.05) is 13.2 Å². The van der Waals surface area contributed by atoms with Gasteiger partial charge in [-0.15, -0.1) is 11.3 Å². The molecule has 0 aromatic carbocycles. The predicted molar refractivity (Wildman–Crippen MR) is 51.5 cm³/mol. The van der Waals surface area contributed by atoms with Gasteiger partial charge in [-0.3, -0.25) is 4.90 Å². The normalized spacial score (nSPS) is 23.9. The van der Waals surface area contributed by atoms with Crippen LogP contribution < -0.4 is 0 Å². The Hall–Kier alpha value is -0.480. The van der Waals surface area contributed by atoms with Crippen molar-refractivity contribution in [2.24, 2.45) is 0 Å². The van der Waals surface area contributed by atoms with E-state index in [1.54, 1.807) is 11.3 Å². The van der Waals surface area contributed by atoms with Gasteiger partial charge in [0.1, 0.15) is 6.67 Å². The van der Waals surface area contributed by atoms with E-state index in [4.69, 9.17) is 0 Å². The largest absolute Gasteiger partial charge is 0.292 e.